The number of nitrogens with one attached hydrogen (secondary N) is 1. The van der Waals surface area contributed by atoms with Crippen LogP contribution >= 0.6 is 11.3 Å². The molecule has 4 nitrogen and oxygen atoms in total. The van der Waals surface area contributed by atoms with E-state index in [9.17, 15) is 35.9 Å². The first-order valence-corrected chi connectivity index (χ1v) is 10.3. The number of anilines is 1. The molecule has 31 heavy (non-hydrogen) atoms. The molecule has 1 atom stereocenters. The molecule has 2 aromatic rings. The fraction of sp³-hybridized carbons (Fsp3) is 0.400. The summed E-state index contributed by atoms with van der Waals surface area (Å²) in [5.74, 6) is -3.15. The van der Waals surface area contributed by atoms with Crippen molar-refractivity contribution in [2.24, 2.45) is 0 Å². The van der Waals surface area contributed by atoms with Crippen LogP contribution in [-0.4, -0.2) is 24.0 Å². The maximum atomic E-state index is 13.4. The predicted octanol–water partition coefficient (Wildman–Crippen LogP) is 5.46. The summed E-state index contributed by atoms with van der Waals surface area (Å²) in [4.78, 5) is 25.7. The summed E-state index contributed by atoms with van der Waals surface area (Å²) in [5.41, 5.74) is -1.55. The van der Waals surface area contributed by atoms with E-state index >= 15 is 0 Å². The Hall–Kier alpha value is -2.56. The molecule has 0 aliphatic heterocycles. The van der Waals surface area contributed by atoms with Gasteiger partial charge in [0.2, 0.25) is 5.91 Å². The third kappa shape index (κ3) is 5.38. The SMILES string of the molecule is O=C(NC1CCCC1)C(c1cccs1)N(C(=O)C(F)(F)F)c1ccc(C(F)(F)F)cc1. The lowest BCUT2D eigenvalue weighted by atomic mass is 10.1. The van der Waals surface area contributed by atoms with Crippen molar-refractivity contribution in [3.8, 4) is 0 Å². The highest BCUT2D eigenvalue weighted by Crippen LogP contribution is 2.37. The summed E-state index contributed by atoms with van der Waals surface area (Å²) in [7, 11) is 0. The fourth-order valence-electron chi connectivity index (χ4n) is 3.50. The van der Waals surface area contributed by atoms with Crippen LogP contribution in [0.25, 0.3) is 0 Å². The second kappa shape index (κ2) is 8.89. The maximum Gasteiger partial charge on any atom is 0.471 e. The number of alkyl halides is 6. The number of carbonyl (C=O) groups is 2. The van der Waals surface area contributed by atoms with Gasteiger partial charge < -0.3 is 5.32 Å². The number of halogens is 6. The molecular weight excluding hydrogens is 446 g/mol. The highest BCUT2D eigenvalue weighted by atomic mass is 32.1. The van der Waals surface area contributed by atoms with Crippen molar-refractivity contribution >= 4 is 28.8 Å². The van der Waals surface area contributed by atoms with E-state index in [1.54, 1.807) is 0 Å². The molecule has 3 rings (SSSR count). The Morgan fingerprint density at radius 3 is 2.10 bits per heavy atom. The number of thiophene rings is 1. The molecule has 1 saturated carbocycles. The molecule has 1 heterocycles. The summed E-state index contributed by atoms with van der Waals surface area (Å²) >= 11 is 0.974. The van der Waals surface area contributed by atoms with Gasteiger partial charge in [-0.05, 0) is 48.6 Å². The Balaban J connectivity index is 2.05. The van der Waals surface area contributed by atoms with Crippen LogP contribution in [0.2, 0.25) is 0 Å². The van der Waals surface area contributed by atoms with Gasteiger partial charge in [0.1, 0.15) is 0 Å². The zero-order valence-electron chi connectivity index (χ0n) is 16.0. The molecule has 1 unspecified atom stereocenters. The smallest absolute Gasteiger partial charge is 0.351 e. The van der Waals surface area contributed by atoms with Crippen LogP contribution in [0.1, 0.15) is 42.2 Å². The molecule has 2 amide bonds. The van der Waals surface area contributed by atoms with Crippen molar-refractivity contribution in [1.82, 2.24) is 5.32 Å². The molecule has 0 bridgehead atoms. The van der Waals surface area contributed by atoms with E-state index in [4.69, 9.17) is 0 Å². The molecule has 1 aliphatic rings. The first-order valence-electron chi connectivity index (χ1n) is 9.40. The Kier molecular flexibility index (Phi) is 6.63. The van der Waals surface area contributed by atoms with E-state index in [0.29, 0.717) is 25.0 Å². The number of benzene rings is 1. The molecular formula is C20H18F6N2O2S. The van der Waals surface area contributed by atoms with E-state index in [1.807, 2.05) is 0 Å². The maximum absolute atomic E-state index is 13.4. The van der Waals surface area contributed by atoms with Gasteiger partial charge in [0.25, 0.3) is 0 Å². The van der Waals surface area contributed by atoms with Crippen molar-refractivity contribution in [3.05, 3.63) is 52.2 Å². The third-order valence-corrected chi connectivity index (χ3v) is 5.88. The van der Waals surface area contributed by atoms with E-state index in [-0.39, 0.29) is 15.8 Å². The Labute approximate surface area is 177 Å². The number of amides is 2. The fourth-order valence-corrected chi connectivity index (χ4v) is 4.31. The lowest BCUT2D eigenvalue weighted by Gasteiger charge is -2.32. The molecule has 11 heteroatoms. The van der Waals surface area contributed by atoms with Crippen molar-refractivity contribution in [1.29, 1.82) is 0 Å². The van der Waals surface area contributed by atoms with E-state index < -0.39 is 41.5 Å². The number of rotatable bonds is 5. The van der Waals surface area contributed by atoms with E-state index in [1.165, 1.54) is 17.5 Å². The molecule has 0 saturated heterocycles. The Bertz CT molecular complexity index is 903. The lowest BCUT2D eigenvalue weighted by Crippen LogP contribution is -2.50. The molecule has 0 spiro atoms. The number of carbonyl (C=O) groups excluding carboxylic acids is 2. The van der Waals surface area contributed by atoms with Crippen molar-refractivity contribution < 1.29 is 35.9 Å². The van der Waals surface area contributed by atoms with E-state index in [2.05, 4.69) is 5.32 Å². The number of hydrogen-bond donors (Lipinski definition) is 1. The Morgan fingerprint density at radius 1 is 1.00 bits per heavy atom. The molecule has 1 aliphatic carbocycles. The molecule has 168 valence electrons. The minimum absolute atomic E-state index is 0.160. The van der Waals surface area contributed by atoms with E-state index in [0.717, 1.165) is 36.3 Å². The lowest BCUT2D eigenvalue weighted by molar-refractivity contribution is -0.171. The zero-order valence-corrected chi connectivity index (χ0v) is 16.8. The van der Waals surface area contributed by atoms with Crippen LogP contribution in [0.15, 0.2) is 41.8 Å². The summed E-state index contributed by atoms with van der Waals surface area (Å²) < 4.78 is 78.9. The van der Waals surface area contributed by atoms with Gasteiger partial charge in [0.15, 0.2) is 6.04 Å². The minimum atomic E-state index is -5.34. The molecule has 1 fully saturated rings. The molecule has 1 N–H and O–H groups in total. The first kappa shape index (κ1) is 23.1. The second-order valence-corrected chi connectivity index (χ2v) is 8.10. The van der Waals surface area contributed by atoms with Crippen LogP contribution in [0, 0.1) is 0 Å². The van der Waals surface area contributed by atoms with Gasteiger partial charge in [-0.25, -0.2) is 0 Å². The molecule has 1 aromatic carbocycles. The largest absolute Gasteiger partial charge is 0.471 e. The van der Waals surface area contributed by atoms with Crippen LogP contribution in [-0.2, 0) is 15.8 Å². The predicted molar refractivity (Wildman–Crippen MR) is 102 cm³/mol. The van der Waals surface area contributed by atoms with Crippen molar-refractivity contribution in [2.75, 3.05) is 4.90 Å². The van der Waals surface area contributed by atoms with Gasteiger partial charge >= 0.3 is 18.3 Å². The Morgan fingerprint density at radius 2 is 1.61 bits per heavy atom. The van der Waals surface area contributed by atoms with Gasteiger partial charge in [0, 0.05) is 16.6 Å². The standard InChI is InChI=1S/C20H18F6N2O2S/c21-19(22,23)12-7-9-14(10-8-12)28(18(30)20(24,25)26)16(15-6-3-11-31-15)17(29)27-13-4-1-2-5-13/h3,6-11,13,16H,1-2,4-5H2,(H,27,29). The van der Waals surface area contributed by atoms with Crippen LogP contribution in [0.5, 0.6) is 0 Å². The second-order valence-electron chi connectivity index (χ2n) is 7.13. The highest BCUT2D eigenvalue weighted by molar-refractivity contribution is 7.10. The van der Waals surface area contributed by atoms with Gasteiger partial charge in [-0.2, -0.15) is 26.3 Å². The van der Waals surface area contributed by atoms with Crippen LogP contribution < -0.4 is 10.2 Å². The number of nitrogens with zero attached hydrogens (tertiary/aromatic N) is 1. The van der Waals surface area contributed by atoms with Gasteiger partial charge in [-0.15, -0.1) is 11.3 Å². The average molecular weight is 464 g/mol. The summed E-state index contributed by atoms with van der Waals surface area (Å²) in [6.45, 7) is 0. The number of hydrogen-bond acceptors (Lipinski definition) is 3. The first-order chi connectivity index (χ1) is 14.5. The molecule has 0 radical (unpaired) electrons. The highest BCUT2D eigenvalue weighted by Gasteiger charge is 2.48. The third-order valence-electron chi connectivity index (χ3n) is 4.95. The van der Waals surface area contributed by atoms with Gasteiger partial charge in [-0.1, -0.05) is 18.9 Å². The topological polar surface area (TPSA) is 49.4 Å². The van der Waals surface area contributed by atoms with Crippen molar-refractivity contribution in [3.63, 3.8) is 0 Å². The summed E-state index contributed by atoms with van der Waals surface area (Å²) in [6.07, 6.45) is -7.00. The van der Waals surface area contributed by atoms with Crippen molar-refractivity contribution in [2.45, 2.75) is 50.1 Å². The minimum Gasteiger partial charge on any atom is -0.351 e. The molecule has 1 aromatic heterocycles. The monoisotopic (exact) mass is 464 g/mol. The summed E-state index contributed by atoms with van der Waals surface area (Å²) in [5, 5.41) is 4.22. The van der Waals surface area contributed by atoms with Gasteiger partial charge in [0.05, 0.1) is 5.56 Å². The zero-order chi connectivity index (χ0) is 22.8. The van der Waals surface area contributed by atoms with Gasteiger partial charge in [-0.3, -0.25) is 14.5 Å². The normalized spacial score (nSPS) is 16.2. The van der Waals surface area contributed by atoms with Crippen LogP contribution in [0.3, 0.4) is 0 Å². The van der Waals surface area contributed by atoms with Crippen LogP contribution in [0.4, 0.5) is 32.0 Å². The quantitative estimate of drug-likeness (QED) is 0.598. The summed E-state index contributed by atoms with van der Waals surface area (Å²) in [6, 6.07) is 3.69. The average Bonchev–Trinajstić information content (AvgIpc) is 3.38.